The number of nitrogens with one attached hydrogen (secondary N) is 3. The first kappa shape index (κ1) is 20.6. The van der Waals surface area contributed by atoms with Crippen LogP contribution in [0.5, 0.6) is 5.75 Å². The Bertz CT molecular complexity index is 1090. The van der Waals surface area contributed by atoms with Gasteiger partial charge >= 0.3 is 12.0 Å². The maximum Gasteiger partial charge on any atom is 0.323 e. The van der Waals surface area contributed by atoms with E-state index in [0.717, 1.165) is 0 Å². The number of pyridine rings is 1. The molecule has 1 heterocycles. The number of benzene rings is 2. The molecule has 0 saturated heterocycles. The van der Waals surface area contributed by atoms with E-state index in [1.165, 1.54) is 6.20 Å². The number of carboxylic acids is 1. The summed E-state index contributed by atoms with van der Waals surface area (Å²) in [6.07, 6.45) is 1.63. The molecule has 0 bridgehead atoms. The molecule has 9 nitrogen and oxygen atoms in total. The molecule has 0 aliphatic heterocycles. The number of anilines is 2. The monoisotopic (exact) mass is 408 g/mol. The lowest BCUT2D eigenvalue weighted by atomic mass is 10.1. The number of aromatic hydroxyl groups is 1. The Morgan fingerprint density at radius 1 is 0.967 bits per heavy atom. The van der Waals surface area contributed by atoms with E-state index in [2.05, 4.69) is 20.9 Å². The lowest BCUT2D eigenvalue weighted by Gasteiger charge is -2.10. The van der Waals surface area contributed by atoms with Crippen LogP contribution >= 0.6 is 0 Å². The minimum Gasteiger partial charge on any atom is -0.505 e. The molecule has 3 amide bonds. The topological polar surface area (TPSA) is 141 Å². The van der Waals surface area contributed by atoms with Crippen molar-refractivity contribution in [3.63, 3.8) is 0 Å². The minimum absolute atomic E-state index is 0.0644. The number of para-hydroxylation sites is 1. The summed E-state index contributed by atoms with van der Waals surface area (Å²) in [5.41, 5.74) is 0.984. The second-order valence-electron chi connectivity index (χ2n) is 6.46. The van der Waals surface area contributed by atoms with Gasteiger partial charge in [-0.3, -0.25) is 9.59 Å². The number of nitrogens with zero attached hydrogens (tertiary/aromatic N) is 1. The average molecular weight is 408 g/mol. The van der Waals surface area contributed by atoms with Crippen molar-refractivity contribution < 1.29 is 24.6 Å². The number of aliphatic carboxylic acids is 1. The summed E-state index contributed by atoms with van der Waals surface area (Å²) in [4.78, 5) is 38.8. The predicted molar refractivity (Wildman–Crippen MR) is 112 cm³/mol. The Hall–Kier alpha value is -4.14. The van der Waals surface area contributed by atoms with Gasteiger partial charge in [0.1, 0.15) is 0 Å². The van der Waals surface area contributed by atoms with Gasteiger partial charge in [-0.2, -0.15) is 0 Å². The van der Waals surface area contributed by atoms with Crippen molar-refractivity contribution >= 4 is 40.1 Å². The molecule has 3 aromatic rings. The number of carbonyl (C=O) groups is 3. The van der Waals surface area contributed by atoms with Gasteiger partial charge in [-0.05, 0) is 36.8 Å². The zero-order valence-electron chi connectivity index (χ0n) is 15.9. The highest BCUT2D eigenvalue weighted by atomic mass is 16.4. The molecule has 0 aliphatic rings. The zero-order valence-corrected chi connectivity index (χ0v) is 15.9. The van der Waals surface area contributed by atoms with E-state index in [-0.39, 0.29) is 30.8 Å². The van der Waals surface area contributed by atoms with Gasteiger partial charge in [0.25, 0.3) is 5.91 Å². The zero-order chi connectivity index (χ0) is 21.5. The molecule has 0 saturated carbocycles. The van der Waals surface area contributed by atoms with Crippen molar-refractivity contribution in [1.82, 2.24) is 10.3 Å². The number of urea groups is 1. The summed E-state index contributed by atoms with van der Waals surface area (Å²) < 4.78 is 0. The fourth-order valence-electron chi connectivity index (χ4n) is 2.79. The molecule has 0 fully saturated rings. The molecule has 9 heteroatoms. The normalized spacial score (nSPS) is 10.4. The molecule has 0 aliphatic carbocycles. The van der Waals surface area contributed by atoms with E-state index in [1.54, 1.807) is 42.5 Å². The number of carbonyl (C=O) groups excluding carboxylic acids is 2. The van der Waals surface area contributed by atoms with Crippen LogP contribution in [0.25, 0.3) is 10.8 Å². The third-order valence-corrected chi connectivity index (χ3v) is 4.22. The Labute approximate surface area is 171 Å². The van der Waals surface area contributed by atoms with Gasteiger partial charge in [0.2, 0.25) is 0 Å². The Morgan fingerprint density at radius 2 is 1.70 bits per heavy atom. The maximum absolute atomic E-state index is 12.2. The molecular formula is C21H20N4O5. The third-order valence-electron chi connectivity index (χ3n) is 4.22. The molecule has 0 spiro atoms. The highest BCUT2D eigenvalue weighted by molar-refractivity contribution is 6.04. The van der Waals surface area contributed by atoms with Crippen LogP contribution in [-0.2, 0) is 4.79 Å². The molecule has 3 rings (SSSR count). The van der Waals surface area contributed by atoms with E-state index in [0.29, 0.717) is 22.1 Å². The summed E-state index contributed by atoms with van der Waals surface area (Å²) in [5, 5.41) is 27.9. The number of carboxylic acid groups (broad SMARTS) is 1. The molecule has 0 unspecified atom stereocenters. The van der Waals surface area contributed by atoms with Crippen LogP contribution in [0.15, 0.2) is 54.7 Å². The van der Waals surface area contributed by atoms with Gasteiger partial charge in [0.15, 0.2) is 11.4 Å². The first-order chi connectivity index (χ1) is 14.4. The van der Waals surface area contributed by atoms with E-state index in [4.69, 9.17) is 5.11 Å². The van der Waals surface area contributed by atoms with Gasteiger partial charge in [-0.25, -0.2) is 9.78 Å². The summed E-state index contributed by atoms with van der Waals surface area (Å²) >= 11 is 0. The summed E-state index contributed by atoms with van der Waals surface area (Å²) in [7, 11) is 0. The number of aromatic nitrogens is 1. The van der Waals surface area contributed by atoms with Gasteiger partial charge in [-0.15, -0.1) is 0 Å². The van der Waals surface area contributed by atoms with Crippen LogP contribution in [0.4, 0.5) is 16.2 Å². The van der Waals surface area contributed by atoms with Gasteiger partial charge < -0.3 is 26.2 Å². The molecule has 0 radical (unpaired) electrons. The SMILES string of the molecule is O=C(O)CCCNC(=O)c1ncc2cc(NC(=O)Nc3ccccc3)ccc2c1O. The van der Waals surface area contributed by atoms with Crippen LogP contribution in [0, 0.1) is 0 Å². The van der Waals surface area contributed by atoms with Crippen molar-refractivity contribution in [1.29, 1.82) is 0 Å². The van der Waals surface area contributed by atoms with Crippen molar-refractivity contribution in [2.45, 2.75) is 12.8 Å². The van der Waals surface area contributed by atoms with E-state index >= 15 is 0 Å². The number of amides is 3. The molecule has 154 valence electrons. The summed E-state index contributed by atoms with van der Waals surface area (Å²) in [5.74, 6) is -1.83. The number of rotatable bonds is 7. The Kier molecular flexibility index (Phi) is 6.43. The van der Waals surface area contributed by atoms with Crippen molar-refractivity contribution in [3.05, 3.63) is 60.4 Å². The van der Waals surface area contributed by atoms with Crippen molar-refractivity contribution in [3.8, 4) is 5.75 Å². The quantitative estimate of drug-likeness (QED) is 0.380. The molecule has 5 N–H and O–H groups in total. The highest BCUT2D eigenvalue weighted by Crippen LogP contribution is 2.29. The van der Waals surface area contributed by atoms with Crippen molar-refractivity contribution in [2.75, 3.05) is 17.2 Å². The number of fused-ring (bicyclic) bond motifs is 1. The van der Waals surface area contributed by atoms with Gasteiger partial charge in [0, 0.05) is 41.3 Å². The van der Waals surface area contributed by atoms with Gasteiger partial charge in [0.05, 0.1) is 0 Å². The molecule has 0 atom stereocenters. The largest absolute Gasteiger partial charge is 0.505 e. The maximum atomic E-state index is 12.2. The number of hydrogen-bond donors (Lipinski definition) is 5. The van der Waals surface area contributed by atoms with E-state index in [1.807, 2.05) is 6.07 Å². The van der Waals surface area contributed by atoms with Gasteiger partial charge in [-0.1, -0.05) is 18.2 Å². The van der Waals surface area contributed by atoms with Crippen LogP contribution in [-0.4, -0.2) is 39.6 Å². The van der Waals surface area contributed by atoms with E-state index < -0.39 is 17.9 Å². The minimum atomic E-state index is -0.946. The second-order valence-corrected chi connectivity index (χ2v) is 6.46. The smallest absolute Gasteiger partial charge is 0.323 e. The average Bonchev–Trinajstić information content (AvgIpc) is 2.72. The Balaban J connectivity index is 1.68. The first-order valence-corrected chi connectivity index (χ1v) is 9.19. The Morgan fingerprint density at radius 3 is 2.43 bits per heavy atom. The summed E-state index contributed by atoms with van der Waals surface area (Å²) in [6, 6.07) is 13.4. The fraction of sp³-hybridized carbons (Fsp3) is 0.143. The fourth-order valence-corrected chi connectivity index (χ4v) is 2.79. The summed E-state index contributed by atoms with van der Waals surface area (Å²) in [6.45, 7) is 0.156. The van der Waals surface area contributed by atoms with Crippen LogP contribution in [0.3, 0.4) is 0 Å². The van der Waals surface area contributed by atoms with Crippen molar-refractivity contribution in [2.24, 2.45) is 0 Å². The van der Waals surface area contributed by atoms with Crippen LogP contribution in [0.1, 0.15) is 23.3 Å². The molecule has 2 aromatic carbocycles. The van der Waals surface area contributed by atoms with Crippen LogP contribution < -0.4 is 16.0 Å². The molecule has 30 heavy (non-hydrogen) atoms. The second kappa shape index (κ2) is 9.37. The third kappa shape index (κ3) is 5.22. The lowest BCUT2D eigenvalue weighted by Crippen LogP contribution is -2.25. The highest BCUT2D eigenvalue weighted by Gasteiger charge is 2.16. The lowest BCUT2D eigenvalue weighted by molar-refractivity contribution is -0.137. The van der Waals surface area contributed by atoms with E-state index in [9.17, 15) is 19.5 Å². The standard InChI is InChI=1S/C21H20N4O5/c26-17(27)7-4-10-22-20(29)18-19(28)16-9-8-15(11-13(16)12-23-18)25-21(30)24-14-5-2-1-3-6-14/h1-3,5-6,8-9,11-12,28H,4,7,10H2,(H,22,29)(H,26,27)(H2,24,25,30). The number of hydrogen-bond acceptors (Lipinski definition) is 5. The molecule has 1 aromatic heterocycles. The first-order valence-electron chi connectivity index (χ1n) is 9.19. The predicted octanol–water partition coefficient (Wildman–Crippen LogP) is 3.18. The van der Waals surface area contributed by atoms with Crippen LogP contribution in [0.2, 0.25) is 0 Å². The molecular weight excluding hydrogens is 388 g/mol.